The Labute approximate surface area is 110 Å². The Morgan fingerprint density at radius 1 is 1.44 bits per heavy atom. The number of aliphatic hydroxyl groups excluding tert-OH is 1. The van der Waals surface area contributed by atoms with Crippen molar-refractivity contribution in [2.45, 2.75) is 23.6 Å². The molecule has 0 aliphatic heterocycles. The first-order valence-corrected chi connectivity index (χ1v) is 6.70. The largest absolute Gasteiger partial charge is 0.396 e. The zero-order valence-electron chi connectivity index (χ0n) is 10.1. The summed E-state index contributed by atoms with van der Waals surface area (Å²) in [5.41, 5.74) is 1.50. The van der Waals surface area contributed by atoms with Crippen molar-refractivity contribution in [3.8, 4) is 6.07 Å². The smallest absolute Gasteiger partial charge is 0.115 e. The Morgan fingerprint density at radius 3 is 2.94 bits per heavy atom. The third-order valence-electron chi connectivity index (χ3n) is 2.66. The highest BCUT2D eigenvalue weighted by atomic mass is 32.2. The van der Waals surface area contributed by atoms with Crippen LogP contribution in [-0.4, -0.2) is 21.9 Å². The summed E-state index contributed by atoms with van der Waals surface area (Å²) in [6.07, 6.45) is 0.698. The van der Waals surface area contributed by atoms with Gasteiger partial charge >= 0.3 is 0 Å². The molecule has 92 valence electrons. The lowest BCUT2D eigenvalue weighted by molar-refractivity contribution is 0.289. The molecular weight excluding hydrogens is 244 g/mol. The Bertz CT molecular complexity index is 592. The molecule has 1 heterocycles. The molecule has 0 bridgehead atoms. The highest BCUT2D eigenvalue weighted by Gasteiger charge is 2.11. The number of benzene rings is 1. The first kappa shape index (κ1) is 12.9. The molecule has 0 spiro atoms. The number of aliphatic hydroxyl groups is 1. The minimum absolute atomic E-state index is 0.156. The van der Waals surface area contributed by atoms with Crippen molar-refractivity contribution < 1.29 is 5.11 Å². The topological polar surface area (TPSA) is 56.9 Å². The minimum atomic E-state index is 0.156. The van der Waals surface area contributed by atoms with Gasteiger partial charge in [-0.15, -0.1) is 11.8 Å². The van der Waals surface area contributed by atoms with Crippen molar-refractivity contribution in [3.05, 3.63) is 35.9 Å². The normalized spacial score (nSPS) is 12.3. The number of hydrogen-bond donors (Lipinski definition) is 1. The monoisotopic (exact) mass is 258 g/mol. The highest BCUT2D eigenvalue weighted by molar-refractivity contribution is 7.99. The fraction of sp³-hybridized carbons (Fsp3) is 0.286. The van der Waals surface area contributed by atoms with E-state index >= 15 is 0 Å². The lowest BCUT2D eigenvalue weighted by Gasteiger charge is -2.10. The molecule has 0 radical (unpaired) electrons. The Kier molecular flexibility index (Phi) is 4.19. The SMILES string of the molecule is CC(CCO)Sc1nc2ccccc2cc1C#N. The van der Waals surface area contributed by atoms with Gasteiger partial charge in [0.15, 0.2) is 0 Å². The first-order valence-electron chi connectivity index (χ1n) is 5.82. The molecule has 0 saturated carbocycles. The average molecular weight is 258 g/mol. The maximum Gasteiger partial charge on any atom is 0.115 e. The van der Waals surface area contributed by atoms with Crippen molar-refractivity contribution in [2.75, 3.05) is 6.61 Å². The van der Waals surface area contributed by atoms with Crippen molar-refractivity contribution >= 4 is 22.7 Å². The summed E-state index contributed by atoms with van der Waals surface area (Å²) in [7, 11) is 0. The van der Waals surface area contributed by atoms with Gasteiger partial charge in [0.1, 0.15) is 11.1 Å². The van der Waals surface area contributed by atoms with Gasteiger partial charge in [-0.1, -0.05) is 25.1 Å². The van der Waals surface area contributed by atoms with E-state index in [1.807, 2.05) is 37.3 Å². The Hall–Kier alpha value is -1.57. The van der Waals surface area contributed by atoms with E-state index in [1.54, 1.807) is 11.8 Å². The quantitative estimate of drug-likeness (QED) is 0.857. The van der Waals surface area contributed by atoms with E-state index in [2.05, 4.69) is 11.1 Å². The molecule has 4 heteroatoms. The molecule has 1 aromatic heterocycles. The van der Waals surface area contributed by atoms with Crippen molar-refractivity contribution in [1.82, 2.24) is 4.98 Å². The van der Waals surface area contributed by atoms with Crippen molar-refractivity contribution in [3.63, 3.8) is 0 Å². The molecule has 0 aliphatic rings. The van der Waals surface area contributed by atoms with Gasteiger partial charge in [-0.25, -0.2) is 4.98 Å². The number of nitrogens with zero attached hydrogens (tertiary/aromatic N) is 2. The van der Waals surface area contributed by atoms with Gasteiger partial charge in [0, 0.05) is 17.2 Å². The van der Waals surface area contributed by atoms with Crippen LogP contribution in [0.25, 0.3) is 10.9 Å². The van der Waals surface area contributed by atoms with Gasteiger partial charge in [-0.3, -0.25) is 0 Å². The van der Waals surface area contributed by atoms with E-state index in [1.165, 1.54) is 0 Å². The summed E-state index contributed by atoms with van der Waals surface area (Å²) < 4.78 is 0. The van der Waals surface area contributed by atoms with Gasteiger partial charge in [-0.2, -0.15) is 5.26 Å². The van der Waals surface area contributed by atoms with Crippen LogP contribution in [0.5, 0.6) is 0 Å². The third kappa shape index (κ3) is 2.81. The number of thioether (sulfide) groups is 1. The molecule has 2 aromatic rings. The van der Waals surface area contributed by atoms with Crippen LogP contribution in [-0.2, 0) is 0 Å². The average Bonchev–Trinajstić information content (AvgIpc) is 2.38. The number of pyridine rings is 1. The number of hydrogen-bond acceptors (Lipinski definition) is 4. The fourth-order valence-electron chi connectivity index (χ4n) is 1.70. The van der Waals surface area contributed by atoms with E-state index in [9.17, 15) is 0 Å². The standard InChI is InChI=1S/C14H14N2OS/c1-10(6-7-17)18-14-12(9-15)8-11-4-2-3-5-13(11)16-14/h2-5,8,10,17H,6-7H2,1H3. The van der Waals surface area contributed by atoms with Gasteiger partial charge in [0.25, 0.3) is 0 Å². The van der Waals surface area contributed by atoms with Crippen LogP contribution in [0.15, 0.2) is 35.4 Å². The number of para-hydroxylation sites is 1. The molecular formula is C14H14N2OS. The van der Waals surface area contributed by atoms with Crippen LogP contribution in [0, 0.1) is 11.3 Å². The predicted octanol–water partition coefficient (Wildman–Crippen LogP) is 2.97. The highest BCUT2D eigenvalue weighted by Crippen LogP contribution is 2.28. The lowest BCUT2D eigenvalue weighted by Crippen LogP contribution is -2.01. The van der Waals surface area contributed by atoms with Crippen LogP contribution in [0.2, 0.25) is 0 Å². The summed E-state index contributed by atoms with van der Waals surface area (Å²) in [5, 5.41) is 20.1. The molecule has 1 N–H and O–H groups in total. The molecule has 3 nitrogen and oxygen atoms in total. The van der Waals surface area contributed by atoms with Crippen LogP contribution in [0.4, 0.5) is 0 Å². The number of rotatable bonds is 4. The zero-order valence-corrected chi connectivity index (χ0v) is 10.9. The molecule has 0 saturated heterocycles. The van der Waals surface area contributed by atoms with Crippen molar-refractivity contribution in [2.24, 2.45) is 0 Å². The Morgan fingerprint density at radius 2 is 2.22 bits per heavy atom. The van der Waals surface area contributed by atoms with E-state index < -0.39 is 0 Å². The zero-order chi connectivity index (χ0) is 13.0. The molecule has 2 rings (SSSR count). The number of aromatic nitrogens is 1. The maximum atomic E-state index is 9.17. The van der Waals surface area contributed by atoms with Crippen LogP contribution >= 0.6 is 11.8 Å². The first-order chi connectivity index (χ1) is 8.74. The Balaban J connectivity index is 2.39. The number of fused-ring (bicyclic) bond motifs is 1. The van der Waals surface area contributed by atoms with Gasteiger partial charge in [0.2, 0.25) is 0 Å². The van der Waals surface area contributed by atoms with E-state index in [-0.39, 0.29) is 11.9 Å². The van der Waals surface area contributed by atoms with E-state index in [0.717, 1.165) is 15.9 Å². The van der Waals surface area contributed by atoms with Gasteiger partial charge in [0.05, 0.1) is 11.1 Å². The lowest BCUT2D eigenvalue weighted by atomic mass is 10.2. The van der Waals surface area contributed by atoms with E-state index in [4.69, 9.17) is 10.4 Å². The van der Waals surface area contributed by atoms with Crippen LogP contribution < -0.4 is 0 Å². The second kappa shape index (κ2) is 5.85. The summed E-state index contributed by atoms with van der Waals surface area (Å²) >= 11 is 1.54. The summed E-state index contributed by atoms with van der Waals surface area (Å²) in [5.74, 6) is 0. The third-order valence-corrected chi connectivity index (χ3v) is 3.83. The predicted molar refractivity (Wildman–Crippen MR) is 73.5 cm³/mol. The minimum Gasteiger partial charge on any atom is -0.396 e. The van der Waals surface area contributed by atoms with Crippen LogP contribution in [0.3, 0.4) is 0 Å². The molecule has 1 aromatic carbocycles. The molecule has 0 fully saturated rings. The summed E-state index contributed by atoms with van der Waals surface area (Å²) in [6.45, 7) is 2.18. The molecule has 1 atom stereocenters. The molecule has 0 amide bonds. The van der Waals surface area contributed by atoms with E-state index in [0.29, 0.717) is 12.0 Å². The molecule has 0 aliphatic carbocycles. The maximum absolute atomic E-state index is 9.17. The summed E-state index contributed by atoms with van der Waals surface area (Å²) in [6, 6.07) is 11.8. The summed E-state index contributed by atoms with van der Waals surface area (Å²) in [4.78, 5) is 4.53. The molecule has 18 heavy (non-hydrogen) atoms. The van der Waals surface area contributed by atoms with Crippen LogP contribution in [0.1, 0.15) is 18.9 Å². The molecule has 1 unspecified atom stereocenters. The second-order valence-corrected chi connectivity index (χ2v) is 5.51. The fourth-order valence-corrected chi connectivity index (χ4v) is 2.69. The van der Waals surface area contributed by atoms with Gasteiger partial charge in [-0.05, 0) is 18.6 Å². The van der Waals surface area contributed by atoms with Crippen molar-refractivity contribution in [1.29, 1.82) is 5.26 Å². The number of nitriles is 1. The van der Waals surface area contributed by atoms with Gasteiger partial charge < -0.3 is 5.11 Å². The second-order valence-electron chi connectivity index (χ2n) is 4.09.